The first-order chi connectivity index (χ1) is 8.66. The van der Waals surface area contributed by atoms with Crippen molar-refractivity contribution in [3.05, 3.63) is 70.3 Å². The molecule has 2 aromatic carbocycles. The molecule has 0 bridgehead atoms. The highest BCUT2D eigenvalue weighted by molar-refractivity contribution is 5.98. The Hall–Kier alpha value is -2.69. The van der Waals surface area contributed by atoms with Crippen molar-refractivity contribution in [1.29, 1.82) is 0 Å². The average Bonchev–Trinajstić information content (AvgIpc) is 2.40. The largest absolute Gasteiger partial charge is 0.383 e. The molecule has 0 fully saturated rings. The minimum atomic E-state index is -0.450. The van der Waals surface area contributed by atoms with Crippen LogP contribution in [0, 0.1) is 10.1 Å². The van der Waals surface area contributed by atoms with Crippen LogP contribution in [-0.4, -0.2) is 10.8 Å². The van der Waals surface area contributed by atoms with Crippen LogP contribution in [0.1, 0.15) is 5.56 Å². The molecule has 0 heterocycles. The number of rotatable bonds is 3. The summed E-state index contributed by atoms with van der Waals surface area (Å²) in [5.41, 5.74) is 7.28. The first-order valence-electron chi connectivity index (χ1n) is 5.31. The van der Waals surface area contributed by atoms with Gasteiger partial charge in [0.05, 0.1) is 10.6 Å². The monoisotopic (exact) mass is 241 g/mol. The molecule has 0 saturated carbocycles. The van der Waals surface area contributed by atoms with Gasteiger partial charge in [-0.15, -0.1) is 0 Å². The molecule has 90 valence electrons. The van der Waals surface area contributed by atoms with Crippen molar-refractivity contribution >= 4 is 17.2 Å². The molecule has 5 heteroatoms. The van der Waals surface area contributed by atoms with Gasteiger partial charge in [-0.3, -0.25) is 10.1 Å². The quantitative estimate of drug-likeness (QED) is 0.388. The summed E-state index contributed by atoms with van der Waals surface area (Å²) in [5, 5.41) is 10.5. The minimum Gasteiger partial charge on any atom is -0.383 e. The molecule has 0 aliphatic heterocycles. The molecular formula is C13H11N3O2. The number of hydrogen-bond donors (Lipinski definition) is 1. The Bertz CT molecular complexity index is 577. The van der Waals surface area contributed by atoms with Crippen LogP contribution in [0.15, 0.2) is 59.6 Å². The van der Waals surface area contributed by atoms with Gasteiger partial charge in [0.15, 0.2) is 0 Å². The molecule has 2 aromatic rings. The van der Waals surface area contributed by atoms with Gasteiger partial charge in [0.25, 0.3) is 5.69 Å². The Morgan fingerprint density at radius 2 is 1.67 bits per heavy atom. The molecule has 0 unspecified atom stereocenters. The summed E-state index contributed by atoms with van der Waals surface area (Å²) < 4.78 is 0. The summed E-state index contributed by atoms with van der Waals surface area (Å²) in [7, 11) is 0. The number of nitro groups is 1. The fourth-order valence-corrected chi connectivity index (χ4v) is 1.46. The second-order valence-electron chi connectivity index (χ2n) is 3.64. The number of nitro benzene ring substituents is 1. The van der Waals surface area contributed by atoms with E-state index in [1.807, 2.05) is 30.3 Å². The molecule has 0 atom stereocenters. The van der Waals surface area contributed by atoms with E-state index in [4.69, 9.17) is 5.73 Å². The number of amidine groups is 1. The predicted molar refractivity (Wildman–Crippen MR) is 69.9 cm³/mol. The van der Waals surface area contributed by atoms with Gasteiger partial charge < -0.3 is 5.73 Å². The van der Waals surface area contributed by atoms with Gasteiger partial charge in [-0.2, -0.15) is 0 Å². The van der Waals surface area contributed by atoms with Crippen LogP contribution in [-0.2, 0) is 0 Å². The van der Waals surface area contributed by atoms with Crippen LogP contribution in [0.5, 0.6) is 0 Å². The van der Waals surface area contributed by atoms with Crippen LogP contribution in [0.2, 0.25) is 0 Å². The molecular weight excluding hydrogens is 230 g/mol. The van der Waals surface area contributed by atoms with Crippen LogP contribution < -0.4 is 5.73 Å². The van der Waals surface area contributed by atoms with Gasteiger partial charge in [-0.05, 0) is 12.1 Å². The lowest BCUT2D eigenvalue weighted by molar-refractivity contribution is -0.384. The van der Waals surface area contributed by atoms with E-state index in [-0.39, 0.29) is 5.69 Å². The summed E-state index contributed by atoms with van der Waals surface area (Å²) in [6.45, 7) is 0. The van der Waals surface area contributed by atoms with Gasteiger partial charge in [-0.1, -0.05) is 30.3 Å². The lowest BCUT2D eigenvalue weighted by Gasteiger charge is -2.00. The van der Waals surface area contributed by atoms with E-state index in [9.17, 15) is 10.1 Å². The third kappa shape index (κ3) is 2.70. The maximum Gasteiger partial charge on any atom is 0.269 e. The second kappa shape index (κ2) is 5.09. The highest BCUT2D eigenvalue weighted by atomic mass is 16.6. The van der Waals surface area contributed by atoms with Crippen molar-refractivity contribution in [2.24, 2.45) is 10.7 Å². The molecule has 0 spiro atoms. The van der Waals surface area contributed by atoms with E-state index in [2.05, 4.69) is 4.99 Å². The normalized spacial score (nSPS) is 11.2. The van der Waals surface area contributed by atoms with Crippen LogP contribution >= 0.6 is 0 Å². The van der Waals surface area contributed by atoms with E-state index >= 15 is 0 Å². The van der Waals surface area contributed by atoms with Gasteiger partial charge >= 0.3 is 0 Å². The fraction of sp³-hybridized carbons (Fsp3) is 0. The highest BCUT2D eigenvalue weighted by Crippen LogP contribution is 2.18. The lowest BCUT2D eigenvalue weighted by atomic mass is 10.2. The van der Waals surface area contributed by atoms with E-state index in [1.54, 1.807) is 12.1 Å². The molecule has 0 saturated heterocycles. The fourth-order valence-electron chi connectivity index (χ4n) is 1.46. The van der Waals surface area contributed by atoms with Crippen LogP contribution in [0.25, 0.3) is 0 Å². The van der Waals surface area contributed by atoms with Crippen molar-refractivity contribution < 1.29 is 4.92 Å². The van der Waals surface area contributed by atoms with E-state index in [0.717, 1.165) is 5.56 Å². The van der Waals surface area contributed by atoms with Crippen LogP contribution in [0.3, 0.4) is 0 Å². The second-order valence-corrected chi connectivity index (χ2v) is 3.64. The predicted octanol–water partition coefficient (Wildman–Crippen LogP) is 2.63. The van der Waals surface area contributed by atoms with Gasteiger partial charge in [0.1, 0.15) is 5.84 Å². The number of non-ortho nitro benzene ring substituents is 1. The Balaban J connectivity index is 2.25. The molecule has 2 rings (SSSR count). The maximum atomic E-state index is 10.5. The van der Waals surface area contributed by atoms with Crippen molar-refractivity contribution in [2.75, 3.05) is 0 Å². The lowest BCUT2D eigenvalue weighted by Crippen LogP contribution is -2.12. The molecule has 0 radical (unpaired) electrons. The van der Waals surface area contributed by atoms with Gasteiger partial charge in [-0.25, -0.2) is 4.99 Å². The molecule has 2 N–H and O–H groups in total. The average molecular weight is 241 g/mol. The Morgan fingerprint density at radius 1 is 1.06 bits per heavy atom. The van der Waals surface area contributed by atoms with Crippen molar-refractivity contribution in [3.8, 4) is 0 Å². The minimum absolute atomic E-state index is 0.0345. The SMILES string of the molecule is NC(=Nc1ccc([N+](=O)[O-])cc1)c1ccccc1. The Morgan fingerprint density at radius 3 is 2.22 bits per heavy atom. The van der Waals surface area contributed by atoms with Gasteiger partial charge in [0.2, 0.25) is 0 Å². The van der Waals surface area contributed by atoms with Crippen molar-refractivity contribution in [1.82, 2.24) is 0 Å². The van der Waals surface area contributed by atoms with Crippen molar-refractivity contribution in [3.63, 3.8) is 0 Å². The van der Waals surface area contributed by atoms with Crippen LogP contribution in [0.4, 0.5) is 11.4 Å². The third-order valence-corrected chi connectivity index (χ3v) is 2.38. The maximum absolute atomic E-state index is 10.5. The van der Waals surface area contributed by atoms with E-state index in [1.165, 1.54) is 12.1 Å². The molecule has 0 aliphatic carbocycles. The topological polar surface area (TPSA) is 81.5 Å². The third-order valence-electron chi connectivity index (χ3n) is 2.38. The first kappa shape index (κ1) is 11.8. The zero-order chi connectivity index (χ0) is 13.0. The van der Waals surface area contributed by atoms with Crippen molar-refractivity contribution in [2.45, 2.75) is 0 Å². The summed E-state index contributed by atoms with van der Waals surface area (Å²) in [6, 6.07) is 15.3. The zero-order valence-corrected chi connectivity index (χ0v) is 9.48. The standard InChI is InChI=1S/C13H11N3O2/c14-13(10-4-2-1-3-5-10)15-11-6-8-12(9-7-11)16(17)18/h1-9H,(H2,14,15). The number of hydrogen-bond acceptors (Lipinski definition) is 3. The molecule has 0 aliphatic rings. The smallest absolute Gasteiger partial charge is 0.269 e. The first-order valence-corrected chi connectivity index (χ1v) is 5.31. The summed E-state index contributed by atoms with van der Waals surface area (Å²) >= 11 is 0. The molecule has 18 heavy (non-hydrogen) atoms. The molecule has 5 nitrogen and oxygen atoms in total. The van der Waals surface area contributed by atoms with E-state index in [0.29, 0.717) is 11.5 Å². The Labute approximate surface area is 104 Å². The number of benzene rings is 2. The summed E-state index contributed by atoms with van der Waals surface area (Å²) in [5.74, 6) is 0.379. The molecule has 0 amide bonds. The number of nitrogens with two attached hydrogens (primary N) is 1. The number of aliphatic imine (C=N–C) groups is 1. The molecule has 0 aromatic heterocycles. The van der Waals surface area contributed by atoms with Gasteiger partial charge in [0, 0.05) is 17.7 Å². The highest BCUT2D eigenvalue weighted by Gasteiger charge is 2.04. The zero-order valence-electron chi connectivity index (χ0n) is 9.48. The Kier molecular flexibility index (Phi) is 3.33. The summed E-state index contributed by atoms with van der Waals surface area (Å²) in [4.78, 5) is 14.3. The van der Waals surface area contributed by atoms with E-state index < -0.39 is 4.92 Å². The number of nitrogens with zero attached hydrogens (tertiary/aromatic N) is 2. The summed E-state index contributed by atoms with van der Waals surface area (Å²) in [6.07, 6.45) is 0.